The second-order valence-electron chi connectivity index (χ2n) is 4.42. The summed E-state index contributed by atoms with van der Waals surface area (Å²) in [7, 11) is 0. The topological polar surface area (TPSA) is 32.3 Å². The Morgan fingerprint density at radius 3 is 2.47 bits per heavy atom. The summed E-state index contributed by atoms with van der Waals surface area (Å²) < 4.78 is 13.9. The maximum Gasteiger partial charge on any atom is 0.137 e. The molecule has 0 saturated carbocycles. The lowest BCUT2D eigenvalue weighted by molar-refractivity contribution is 0.276. The van der Waals surface area contributed by atoms with E-state index >= 15 is 0 Å². The van der Waals surface area contributed by atoms with Gasteiger partial charge in [-0.1, -0.05) is 23.8 Å². The Morgan fingerprint density at radius 1 is 1.21 bits per heavy atom. The van der Waals surface area contributed by atoms with Gasteiger partial charge in [-0.3, -0.25) is 0 Å². The molecule has 0 aliphatic rings. The van der Waals surface area contributed by atoms with Crippen molar-refractivity contribution >= 4 is 21.6 Å². The van der Waals surface area contributed by atoms with Crippen LogP contribution in [0.1, 0.15) is 17.2 Å². The average Bonchev–Trinajstić information content (AvgIpc) is 2.41. The summed E-state index contributed by atoms with van der Waals surface area (Å²) in [6.07, 6.45) is 0. The van der Waals surface area contributed by atoms with Crippen molar-refractivity contribution < 1.29 is 9.50 Å². The van der Waals surface area contributed by atoms with Gasteiger partial charge in [0.2, 0.25) is 0 Å². The van der Waals surface area contributed by atoms with Gasteiger partial charge in [-0.15, -0.1) is 0 Å². The molecule has 0 aromatic heterocycles. The first-order chi connectivity index (χ1) is 9.10. The molecule has 0 heterocycles. The Morgan fingerprint density at radius 2 is 1.89 bits per heavy atom. The molecular weight excluding hydrogens is 309 g/mol. The quantitative estimate of drug-likeness (QED) is 0.889. The lowest BCUT2D eigenvalue weighted by atomic mass is 10.1. The minimum Gasteiger partial charge on any atom is -0.394 e. The van der Waals surface area contributed by atoms with Crippen LogP contribution in [-0.4, -0.2) is 11.7 Å². The van der Waals surface area contributed by atoms with Gasteiger partial charge in [-0.05, 0) is 52.7 Å². The molecule has 0 aliphatic carbocycles. The summed E-state index contributed by atoms with van der Waals surface area (Å²) in [5, 5.41) is 12.6. The number of hydrogen-bond acceptors (Lipinski definition) is 2. The molecule has 0 fully saturated rings. The van der Waals surface area contributed by atoms with E-state index in [1.54, 1.807) is 12.1 Å². The van der Waals surface area contributed by atoms with Crippen molar-refractivity contribution in [3.05, 3.63) is 63.9 Å². The maximum absolute atomic E-state index is 13.5. The zero-order chi connectivity index (χ0) is 13.8. The van der Waals surface area contributed by atoms with Crippen LogP contribution in [-0.2, 0) is 0 Å². The van der Waals surface area contributed by atoms with Gasteiger partial charge in [0.1, 0.15) is 5.82 Å². The molecule has 4 heteroatoms. The van der Waals surface area contributed by atoms with E-state index in [1.807, 2.05) is 31.2 Å². The second kappa shape index (κ2) is 6.17. The highest BCUT2D eigenvalue weighted by Crippen LogP contribution is 2.23. The Kier molecular flexibility index (Phi) is 4.56. The fourth-order valence-corrected chi connectivity index (χ4v) is 2.06. The highest BCUT2D eigenvalue weighted by Gasteiger charge is 2.12. The monoisotopic (exact) mass is 323 g/mol. The number of aliphatic hydroxyl groups excluding tert-OH is 1. The van der Waals surface area contributed by atoms with Crippen LogP contribution in [0, 0.1) is 12.7 Å². The van der Waals surface area contributed by atoms with Crippen molar-refractivity contribution in [2.45, 2.75) is 13.0 Å². The molecule has 2 N–H and O–H groups in total. The number of rotatable bonds is 4. The number of halogens is 2. The van der Waals surface area contributed by atoms with Crippen LogP contribution < -0.4 is 5.32 Å². The van der Waals surface area contributed by atoms with Gasteiger partial charge in [0, 0.05) is 5.69 Å². The van der Waals surface area contributed by atoms with E-state index in [-0.39, 0.29) is 18.5 Å². The first kappa shape index (κ1) is 14.0. The van der Waals surface area contributed by atoms with Gasteiger partial charge in [0.05, 0.1) is 17.1 Å². The van der Waals surface area contributed by atoms with Crippen LogP contribution in [0.2, 0.25) is 0 Å². The average molecular weight is 324 g/mol. The van der Waals surface area contributed by atoms with Crippen molar-refractivity contribution in [2.75, 3.05) is 11.9 Å². The van der Waals surface area contributed by atoms with Crippen LogP contribution >= 0.6 is 15.9 Å². The van der Waals surface area contributed by atoms with Crippen LogP contribution in [0.3, 0.4) is 0 Å². The summed E-state index contributed by atoms with van der Waals surface area (Å²) in [4.78, 5) is 0. The van der Waals surface area contributed by atoms with E-state index in [0.717, 1.165) is 5.69 Å². The van der Waals surface area contributed by atoms with Gasteiger partial charge in [-0.25, -0.2) is 4.39 Å². The molecule has 2 aromatic rings. The highest BCUT2D eigenvalue weighted by molar-refractivity contribution is 9.10. The van der Waals surface area contributed by atoms with Crippen LogP contribution in [0.5, 0.6) is 0 Å². The molecule has 1 atom stereocenters. The number of aliphatic hydroxyl groups is 1. The van der Waals surface area contributed by atoms with E-state index in [4.69, 9.17) is 0 Å². The molecule has 19 heavy (non-hydrogen) atoms. The van der Waals surface area contributed by atoms with Crippen molar-refractivity contribution in [3.8, 4) is 0 Å². The molecule has 0 saturated heterocycles. The first-order valence-corrected chi connectivity index (χ1v) is 6.78. The zero-order valence-corrected chi connectivity index (χ0v) is 12.1. The summed E-state index contributed by atoms with van der Waals surface area (Å²) in [5.74, 6) is -0.332. The first-order valence-electron chi connectivity index (χ1n) is 5.99. The van der Waals surface area contributed by atoms with Crippen molar-refractivity contribution in [1.82, 2.24) is 0 Å². The molecule has 0 bridgehead atoms. The van der Waals surface area contributed by atoms with Gasteiger partial charge in [-0.2, -0.15) is 0 Å². The summed E-state index contributed by atoms with van der Waals surface area (Å²) >= 11 is 3.12. The number of benzene rings is 2. The molecule has 1 unspecified atom stereocenters. The molecule has 2 rings (SSSR count). The Hall–Kier alpha value is -1.39. The number of anilines is 1. The van der Waals surface area contributed by atoms with Gasteiger partial charge in [0.15, 0.2) is 0 Å². The molecule has 100 valence electrons. The molecule has 0 amide bonds. The van der Waals surface area contributed by atoms with Crippen molar-refractivity contribution in [3.63, 3.8) is 0 Å². The predicted octanol–water partition coefficient (Wildman–Crippen LogP) is 4.04. The molecular formula is C15H15BrFNO. The van der Waals surface area contributed by atoms with Crippen LogP contribution in [0.4, 0.5) is 10.1 Å². The Balaban J connectivity index is 2.19. The van der Waals surface area contributed by atoms with E-state index in [0.29, 0.717) is 10.0 Å². The fourth-order valence-electron chi connectivity index (χ4n) is 1.81. The Labute approximate surface area is 120 Å². The SMILES string of the molecule is Cc1ccc(NC(CO)c2ccc(Br)c(F)c2)cc1. The molecule has 2 aromatic carbocycles. The third kappa shape index (κ3) is 3.55. The smallest absolute Gasteiger partial charge is 0.137 e. The normalized spacial score (nSPS) is 12.2. The van der Waals surface area contributed by atoms with E-state index < -0.39 is 0 Å². The molecule has 2 nitrogen and oxygen atoms in total. The largest absolute Gasteiger partial charge is 0.394 e. The minimum absolute atomic E-state index is 0.102. The molecule has 0 radical (unpaired) electrons. The van der Waals surface area contributed by atoms with Gasteiger partial charge >= 0.3 is 0 Å². The van der Waals surface area contributed by atoms with Gasteiger partial charge < -0.3 is 10.4 Å². The van der Waals surface area contributed by atoms with E-state index in [9.17, 15) is 9.50 Å². The minimum atomic E-state index is -0.332. The third-order valence-electron chi connectivity index (χ3n) is 2.92. The number of nitrogens with one attached hydrogen (secondary N) is 1. The third-order valence-corrected chi connectivity index (χ3v) is 3.56. The maximum atomic E-state index is 13.5. The van der Waals surface area contributed by atoms with Gasteiger partial charge in [0.25, 0.3) is 0 Å². The zero-order valence-electron chi connectivity index (χ0n) is 10.5. The number of aryl methyl sites for hydroxylation is 1. The highest BCUT2D eigenvalue weighted by atomic mass is 79.9. The summed E-state index contributed by atoms with van der Waals surface area (Å²) in [6.45, 7) is 1.91. The number of hydrogen-bond donors (Lipinski definition) is 2. The molecule has 0 aliphatic heterocycles. The lowest BCUT2D eigenvalue weighted by Crippen LogP contribution is -2.15. The second-order valence-corrected chi connectivity index (χ2v) is 5.27. The van der Waals surface area contributed by atoms with Crippen LogP contribution in [0.25, 0.3) is 0 Å². The van der Waals surface area contributed by atoms with E-state index in [1.165, 1.54) is 11.6 Å². The summed E-state index contributed by atoms with van der Waals surface area (Å²) in [6, 6.07) is 12.4. The Bertz CT molecular complexity index is 557. The summed E-state index contributed by atoms with van der Waals surface area (Å²) in [5.41, 5.74) is 2.78. The van der Waals surface area contributed by atoms with Crippen molar-refractivity contribution in [1.29, 1.82) is 0 Å². The fraction of sp³-hybridized carbons (Fsp3) is 0.200. The van der Waals surface area contributed by atoms with Crippen molar-refractivity contribution in [2.24, 2.45) is 0 Å². The van der Waals surface area contributed by atoms with E-state index in [2.05, 4.69) is 21.2 Å². The molecule has 0 spiro atoms. The lowest BCUT2D eigenvalue weighted by Gasteiger charge is -2.18. The van der Waals surface area contributed by atoms with Crippen LogP contribution in [0.15, 0.2) is 46.9 Å². The predicted molar refractivity (Wildman–Crippen MR) is 78.7 cm³/mol. The standard InChI is InChI=1S/C15H15BrFNO/c1-10-2-5-12(6-3-10)18-15(9-19)11-4-7-13(16)14(17)8-11/h2-8,15,18-19H,9H2,1H3.